The van der Waals surface area contributed by atoms with Gasteiger partial charge in [-0.05, 0) is 135 Å². The number of halogens is 8. The Labute approximate surface area is 851 Å². The number of alkyl halides is 8. The molecule has 0 atom stereocenters. The first kappa shape index (κ1) is 100. The lowest BCUT2D eigenvalue weighted by Gasteiger charge is -2.28. The molecule has 5 aliphatic heterocycles. The van der Waals surface area contributed by atoms with Crippen molar-refractivity contribution in [1.82, 2.24) is 112 Å². The molecule has 0 radical (unpaired) electrons. The van der Waals surface area contributed by atoms with Crippen LogP contribution in [0, 0.1) is 5.92 Å². The van der Waals surface area contributed by atoms with Crippen molar-refractivity contribution in [2.24, 2.45) is 5.92 Å². The van der Waals surface area contributed by atoms with Crippen LogP contribution in [0.3, 0.4) is 0 Å². The number of likely N-dealkylation sites (tertiary alicyclic amines) is 1. The van der Waals surface area contributed by atoms with E-state index < -0.39 is 50.1 Å². The van der Waals surface area contributed by atoms with Gasteiger partial charge in [-0.2, -0.15) is 75.9 Å². The molecule has 0 bridgehead atoms. The zero-order valence-corrected chi connectivity index (χ0v) is 81.2. The molecule has 6 N–H and O–H groups in total. The SMILES string of the molecule is C=C1CSc2cc(-c3nn(CCN(C)C)cc3NC(=O)c3cnn4cccnc34)c(OC(F)F)cc2N1.CN1CCC(Cn2cc(NC(=O)c3cnn4cccnc34)c(-c3cc4ccccc4cc3OC(F)F)n2)CC1.O=C(Nc1cn(C2COC2)nc1-c1cc2c(cc1OC(F)F)NCCO2)c1cnn2cccnc12.O=C(Nc1cn(CCN2CCOCC2)nc1-c1cc2ccccc2cc1OC(F)F)c1cnn2cccnc12. The zero-order valence-electron chi connectivity index (χ0n) is 80.4. The van der Waals surface area contributed by atoms with Crippen LogP contribution in [0.15, 0.2) is 238 Å². The Morgan fingerprint density at radius 3 is 1.33 bits per heavy atom. The Morgan fingerprint density at radius 1 is 0.473 bits per heavy atom. The van der Waals surface area contributed by atoms with Gasteiger partial charge in [-0.15, -0.1) is 11.8 Å². The van der Waals surface area contributed by atoms with Crippen molar-refractivity contribution in [2.75, 3.05) is 138 Å². The van der Waals surface area contributed by atoms with E-state index in [1.165, 1.54) is 66.7 Å². The van der Waals surface area contributed by atoms with Crippen LogP contribution < -0.4 is 55.6 Å². The van der Waals surface area contributed by atoms with E-state index in [1.807, 2.05) is 67.5 Å². The Balaban J connectivity index is 0.000000121. The second-order valence-electron chi connectivity index (χ2n) is 35.5. The summed E-state index contributed by atoms with van der Waals surface area (Å²) in [6, 6.07) is 34.5. The van der Waals surface area contributed by atoms with Crippen molar-refractivity contribution in [2.45, 2.75) is 69.9 Å². The van der Waals surface area contributed by atoms with Gasteiger partial charge in [0, 0.05) is 159 Å². The van der Waals surface area contributed by atoms with Gasteiger partial charge in [0.25, 0.3) is 23.6 Å². The van der Waals surface area contributed by atoms with E-state index in [0.29, 0.717) is 180 Å². The van der Waals surface area contributed by atoms with Gasteiger partial charge in [0.1, 0.15) is 80.4 Å². The van der Waals surface area contributed by atoms with Crippen LogP contribution in [0.25, 0.3) is 89.2 Å². The molecule has 0 spiro atoms. The van der Waals surface area contributed by atoms with Crippen LogP contribution in [-0.4, -0.2) is 268 Å². The topological polar surface area (TPSA) is 407 Å². The monoisotopic (exact) mass is 2070 g/mol. The van der Waals surface area contributed by atoms with E-state index in [9.17, 15) is 54.3 Å². The lowest BCUT2D eigenvalue weighted by atomic mass is 9.97. The first-order chi connectivity index (χ1) is 72.8. The summed E-state index contributed by atoms with van der Waals surface area (Å²) in [6.45, 7) is 1.67. The maximum Gasteiger partial charge on any atom is 0.387 e. The first-order valence-electron chi connectivity index (χ1n) is 47.4. The number of thioether (sulfide) groups is 1. The summed E-state index contributed by atoms with van der Waals surface area (Å²) in [7, 11) is 5.97. The van der Waals surface area contributed by atoms with Crippen LogP contribution >= 0.6 is 11.8 Å². The molecular formula is C101H95F8N29O11S. The number of benzene rings is 6. The Morgan fingerprint density at radius 2 is 0.880 bits per heavy atom. The van der Waals surface area contributed by atoms with Gasteiger partial charge < -0.3 is 74.9 Å². The van der Waals surface area contributed by atoms with Crippen LogP contribution in [0.4, 0.5) is 69.2 Å². The molecule has 0 aliphatic carbocycles. The number of piperidine rings is 1. The summed E-state index contributed by atoms with van der Waals surface area (Å²) in [5.41, 5.74) is 8.44. The first-order valence-corrected chi connectivity index (χ1v) is 48.4. The minimum absolute atomic E-state index is 0.0126. The number of morpholine rings is 1. The van der Waals surface area contributed by atoms with E-state index in [-0.39, 0.29) is 62.6 Å². The maximum absolute atomic E-state index is 13.5. The molecule has 17 heterocycles. The lowest BCUT2D eigenvalue weighted by molar-refractivity contribution is -0.0501. The van der Waals surface area contributed by atoms with Crippen LogP contribution in [0.1, 0.15) is 60.3 Å². The molecule has 6 aromatic carbocycles. The van der Waals surface area contributed by atoms with Gasteiger partial charge in [-0.1, -0.05) is 55.1 Å². The van der Waals surface area contributed by atoms with Crippen molar-refractivity contribution in [1.29, 1.82) is 0 Å². The summed E-state index contributed by atoms with van der Waals surface area (Å²) in [4.78, 5) is 77.5. The quantitative estimate of drug-likeness (QED) is 0.0237. The van der Waals surface area contributed by atoms with Crippen LogP contribution in [-0.2, 0) is 29.1 Å². The summed E-state index contributed by atoms with van der Waals surface area (Å²) in [5, 5.41) is 56.3. The molecule has 5 aliphatic rings. The fourth-order valence-corrected chi connectivity index (χ4v) is 18.4. The highest BCUT2D eigenvalue weighted by atomic mass is 32.2. The highest BCUT2D eigenvalue weighted by Crippen LogP contribution is 2.48. The fraction of sp³-hybridized carbons (Fsp3) is 0.267. The number of fused-ring (bicyclic) bond motifs is 8. The number of aromatic nitrogens is 20. The molecule has 0 unspecified atom stereocenters. The van der Waals surface area contributed by atoms with Gasteiger partial charge >= 0.3 is 26.4 Å². The van der Waals surface area contributed by atoms with E-state index in [4.69, 9.17) is 43.4 Å². The number of likely N-dealkylation sites (N-methyl/N-ethyl adjacent to an activating group) is 1. The molecular weight excluding hydrogens is 1980 g/mol. The minimum Gasteiger partial charge on any atom is -0.490 e. The summed E-state index contributed by atoms with van der Waals surface area (Å²) in [6.07, 6.45) is 27.6. The summed E-state index contributed by atoms with van der Waals surface area (Å²) >= 11 is 1.52. The standard InChI is InChI=1S/C28H27F2N7O2.C27H25F2N7O3.C24H24F2N8O2S.C22H19F2N7O4/c1-35-11-7-18(8-12-35)16-36-17-23(33-27(38)22-15-32-37-10-4-9-31-26(22)37)25(34-36)21-13-19-5-2-3-6-20(19)14-24(21)39-28(29)30;28-27(29)39-23-15-19-5-2-1-4-18(19)14-20(23)24-22(17-35(33-24)9-8-34-10-12-38-13-11-34)32-26(37)21-16-31-36-7-3-6-30-25(21)36;1-14-13-37-20-9-15(19(36-24(25)26)10-17(20)29-14)21-18(12-33(31-21)8-7-32(2)3)30-23(35)16-11-28-34-6-4-5-27-22(16)34;23-22(24)35-17-7-15-18(34-5-3-25-15)6-13(17)19-16(9-31(29-19)12-10-33-11-12)28-21(32)14-8-27-30-4-1-2-26-20(14)30/h2-6,9-10,13-15,17-18,28H,7-8,11-12,16H2,1H3,(H,33,38);1-7,14-17,27H,8-13H2,(H,32,37);4-6,9-12,24,29H,1,7-8,13H2,2-3H3,(H,30,35);1-2,4,6-9,12,22,25H,3,5,10-11H2,(H,28,32). The summed E-state index contributed by atoms with van der Waals surface area (Å²) < 4.78 is 156. The van der Waals surface area contributed by atoms with Crippen molar-refractivity contribution in [3.8, 4) is 73.8 Å². The third-order valence-electron chi connectivity index (χ3n) is 25.0. The molecule has 772 valence electrons. The minimum atomic E-state index is -3.05. The molecule has 4 amide bonds. The van der Waals surface area contributed by atoms with Gasteiger partial charge in [-0.25, -0.2) is 38.0 Å². The van der Waals surface area contributed by atoms with Crippen LogP contribution in [0.5, 0.6) is 28.7 Å². The van der Waals surface area contributed by atoms with Crippen molar-refractivity contribution < 1.29 is 87.5 Å². The Bertz CT molecular complexity index is 8010. The highest BCUT2D eigenvalue weighted by molar-refractivity contribution is 7.99. The average Bonchev–Trinajstić information content (AvgIpc) is 1.59. The second kappa shape index (κ2) is 44.7. The van der Waals surface area contributed by atoms with Crippen molar-refractivity contribution in [3.63, 3.8) is 0 Å². The lowest BCUT2D eigenvalue weighted by Crippen LogP contribution is -2.38. The fourth-order valence-electron chi connectivity index (χ4n) is 17.6. The largest absolute Gasteiger partial charge is 0.490 e. The van der Waals surface area contributed by atoms with E-state index in [1.54, 1.807) is 154 Å². The Kier molecular flexibility index (Phi) is 29.9. The summed E-state index contributed by atoms with van der Waals surface area (Å²) in [5.74, 6) is -0.507. The van der Waals surface area contributed by atoms with Crippen molar-refractivity contribution in [3.05, 3.63) is 255 Å². The smallest absolute Gasteiger partial charge is 0.387 e. The number of carbonyl (C=O) groups is 4. The van der Waals surface area contributed by atoms with Crippen molar-refractivity contribution >= 4 is 114 Å². The van der Waals surface area contributed by atoms with Gasteiger partial charge in [0.15, 0.2) is 22.6 Å². The molecule has 49 heteroatoms. The molecule has 150 heavy (non-hydrogen) atoms. The number of anilines is 6. The number of hydrogen-bond acceptors (Lipinski definition) is 29. The number of amides is 4. The predicted octanol–water partition coefficient (Wildman–Crippen LogP) is 15.7. The molecule has 0 saturated carbocycles. The second-order valence-corrected chi connectivity index (χ2v) is 36.5. The number of rotatable bonds is 29. The number of carbonyl (C=O) groups excluding carboxylic acids is 4. The third-order valence-corrected chi connectivity index (χ3v) is 26.2. The van der Waals surface area contributed by atoms with E-state index in [2.05, 4.69) is 106 Å². The number of nitrogens with one attached hydrogen (secondary N) is 6. The third kappa shape index (κ3) is 22.9. The van der Waals surface area contributed by atoms with Gasteiger partial charge in [-0.3, -0.25) is 42.8 Å². The number of hydrogen-bond donors (Lipinski definition) is 6. The average molecular weight is 2080 g/mol. The predicted molar refractivity (Wildman–Crippen MR) is 539 cm³/mol. The zero-order chi connectivity index (χ0) is 104. The van der Waals surface area contributed by atoms with E-state index in [0.717, 1.165) is 71.2 Å². The number of nitrogens with zero attached hydrogens (tertiary/aromatic N) is 23. The number of ether oxygens (including phenoxy) is 7. The van der Waals surface area contributed by atoms with Gasteiger partial charge in [0.2, 0.25) is 0 Å². The Hall–Kier alpha value is -17.0. The van der Waals surface area contributed by atoms with E-state index >= 15 is 0 Å². The maximum atomic E-state index is 13.5. The van der Waals surface area contributed by atoms with Crippen LogP contribution in [0.2, 0.25) is 0 Å². The molecule has 40 nitrogen and oxygen atoms in total. The van der Waals surface area contributed by atoms with Gasteiger partial charge in [0.05, 0.1) is 110 Å². The molecule has 18 aromatic rings. The normalized spacial score (nSPS) is 14.4. The molecule has 12 aromatic heterocycles. The highest BCUT2D eigenvalue weighted by Gasteiger charge is 2.34. The molecule has 3 fully saturated rings. The molecule has 23 rings (SSSR count). The molecule has 3 saturated heterocycles.